The summed E-state index contributed by atoms with van der Waals surface area (Å²) in [6.45, 7) is 2.47. The van der Waals surface area contributed by atoms with Gasteiger partial charge in [-0.05, 0) is 43.7 Å². The zero-order chi connectivity index (χ0) is 16.9. The van der Waals surface area contributed by atoms with Gasteiger partial charge in [-0.3, -0.25) is 4.79 Å². The molecular formula is C19H23NO4. The summed E-state index contributed by atoms with van der Waals surface area (Å²) in [5.74, 6) is -0.889. The number of benzene rings is 1. The highest BCUT2D eigenvalue weighted by atomic mass is 16.5. The van der Waals surface area contributed by atoms with Crippen molar-refractivity contribution in [3.05, 3.63) is 35.4 Å². The Morgan fingerprint density at radius 2 is 2.08 bits per heavy atom. The van der Waals surface area contributed by atoms with Crippen LogP contribution in [0.25, 0.3) is 0 Å². The molecule has 1 aliphatic heterocycles. The minimum atomic E-state index is -0.993. The SMILES string of the molecule is C[C@@H]1CN(C(=O)C2CC23CCCc2ccccc23)CC(C(=O)O)O1. The summed E-state index contributed by atoms with van der Waals surface area (Å²) in [6, 6.07) is 8.47. The maximum atomic E-state index is 13.0. The molecule has 0 radical (unpaired) electrons. The Balaban J connectivity index is 1.54. The van der Waals surface area contributed by atoms with Gasteiger partial charge in [0.15, 0.2) is 6.10 Å². The van der Waals surface area contributed by atoms with Crippen molar-refractivity contribution in [2.24, 2.45) is 5.92 Å². The monoisotopic (exact) mass is 329 g/mol. The van der Waals surface area contributed by atoms with Crippen molar-refractivity contribution in [3.8, 4) is 0 Å². The quantitative estimate of drug-likeness (QED) is 0.901. The minimum absolute atomic E-state index is 0.00121. The van der Waals surface area contributed by atoms with E-state index >= 15 is 0 Å². The van der Waals surface area contributed by atoms with Gasteiger partial charge in [0.05, 0.1) is 12.6 Å². The van der Waals surface area contributed by atoms with Crippen molar-refractivity contribution >= 4 is 11.9 Å². The van der Waals surface area contributed by atoms with Crippen molar-refractivity contribution in [2.45, 2.75) is 50.2 Å². The maximum absolute atomic E-state index is 13.0. The van der Waals surface area contributed by atoms with Crippen LogP contribution < -0.4 is 0 Å². The number of aryl methyl sites for hydroxylation is 1. The lowest BCUT2D eigenvalue weighted by molar-refractivity contribution is -0.167. The van der Waals surface area contributed by atoms with Gasteiger partial charge in [0.2, 0.25) is 5.91 Å². The average Bonchev–Trinajstić information content (AvgIpc) is 3.28. The Hall–Kier alpha value is -1.88. The fraction of sp³-hybridized carbons (Fsp3) is 0.579. The van der Waals surface area contributed by atoms with Gasteiger partial charge in [-0.1, -0.05) is 24.3 Å². The Morgan fingerprint density at radius 1 is 1.29 bits per heavy atom. The van der Waals surface area contributed by atoms with E-state index in [9.17, 15) is 14.7 Å². The molecule has 3 aliphatic rings. The van der Waals surface area contributed by atoms with Crippen molar-refractivity contribution in [2.75, 3.05) is 13.1 Å². The van der Waals surface area contributed by atoms with E-state index < -0.39 is 12.1 Å². The molecule has 1 aromatic rings. The first-order valence-electron chi connectivity index (χ1n) is 8.77. The zero-order valence-electron chi connectivity index (χ0n) is 13.9. The topological polar surface area (TPSA) is 66.8 Å². The van der Waals surface area contributed by atoms with Gasteiger partial charge >= 0.3 is 5.97 Å². The standard InChI is InChI=1S/C19H23NO4/c1-12-10-20(11-16(24-12)18(22)23)17(21)15-9-19(15)8-4-6-13-5-2-3-7-14(13)19/h2-3,5,7,12,15-16H,4,6,8-11H2,1H3,(H,22,23)/t12-,15?,16?,19?/m1/s1. The van der Waals surface area contributed by atoms with Gasteiger partial charge in [-0.15, -0.1) is 0 Å². The summed E-state index contributed by atoms with van der Waals surface area (Å²) in [7, 11) is 0. The molecule has 24 heavy (non-hydrogen) atoms. The molecule has 1 spiro atoms. The highest BCUT2D eigenvalue weighted by Crippen LogP contribution is 2.60. The predicted molar refractivity (Wildman–Crippen MR) is 87.7 cm³/mol. The molecule has 3 unspecified atom stereocenters. The third-order valence-corrected chi connectivity index (χ3v) is 5.84. The highest BCUT2D eigenvalue weighted by Gasteiger charge is 2.61. The largest absolute Gasteiger partial charge is 0.479 e. The number of carbonyl (C=O) groups is 2. The third kappa shape index (κ3) is 2.42. The van der Waals surface area contributed by atoms with Crippen LogP contribution in [0.2, 0.25) is 0 Å². The zero-order valence-corrected chi connectivity index (χ0v) is 13.9. The summed E-state index contributed by atoms with van der Waals surface area (Å²) >= 11 is 0. The minimum Gasteiger partial charge on any atom is -0.479 e. The lowest BCUT2D eigenvalue weighted by Gasteiger charge is -2.36. The second kappa shape index (κ2) is 5.59. The summed E-state index contributed by atoms with van der Waals surface area (Å²) < 4.78 is 5.43. The van der Waals surface area contributed by atoms with Crippen LogP contribution in [0.4, 0.5) is 0 Å². The number of fused-ring (bicyclic) bond motifs is 2. The molecule has 2 aliphatic carbocycles. The van der Waals surface area contributed by atoms with Crippen molar-refractivity contribution < 1.29 is 19.4 Å². The molecule has 128 valence electrons. The molecule has 1 amide bonds. The van der Waals surface area contributed by atoms with E-state index in [0.29, 0.717) is 6.54 Å². The smallest absolute Gasteiger partial charge is 0.334 e. The Labute approximate surface area is 141 Å². The molecular weight excluding hydrogens is 306 g/mol. The van der Waals surface area contributed by atoms with Crippen LogP contribution in [0.5, 0.6) is 0 Å². The Morgan fingerprint density at radius 3 is 2.88 bits per heavy atom. The lowest BCUT2D eigenvalue weighted by Crippen LogP contribution is -2.52. The number of carboxylic acids is 1. The summed E-state index contributed by atoms with van der Waals surface area (Å²) in [5.41, 5.74) is 2.70. The van der Waals surface area contributed by atoms with Crippen molar-refractivity contribution in [1.82, 2.24) is 4.90 Å². The molecule has 1 heterocycles. The summed E-state index contributed by atoms with van der Waals surface area (Å²) in [6.07, 6.45) is 3.02. The molecule has 1 aromatic carbocycles. The van der Waals surface area contributed by atoms with E-state index in [-0.39, 0.29) is 29.9 Å². The first kappa shape index (κ1) is 15.6. The van der Waals surface area contributed by atoms with E-state index in [0.717, 1.165) is 25.7 Å². The van der Waals surface area contributed by atoms with E-state index in [2.05, 4.69) is 24.3 Å². The highest BCUT2D eigenvalue weighted by molar-refractivity contribution is 5.86. The molecule has 4 rings (SSSR count). The first-order chi connectivity index (χ1) is 11.5. The fourth-order valence-corrected chi connectivity index (χ4v) is 4.64. The first-order valence-corrected chi connectivity index (χ1v) is 8.77. The van der Waals surface area contributed by atoms with Gasteiger partial charge in [0, 0.05) is 17.9 Å². The molecule has 1 saturated heterocycles. The molecule has 5 heteroatoms. The molecule has 1 saturated carbocycles. The lowest BCUT2D eigenvalue weighted by atomic mass is 9.78. The van der Waals surface area contributed by atoms with Gasteiger partial charge in [0.25, 0.3) is 0 Å². The van der Waals surface area contributed by atoms with Crippen LogP contribution in [0, 0.1) is 5.92 Å². The summed E-state index contributed by atoms with van der Waals surface area (Å²) in [5, 5.41) is 9.22. The van der Waals surface area contributed by atoms with Crippen LogP contribution in [0.15, 0.2) is 24.3 Å². The summed E-state index contributed by atoms with van der Waals surface area (Å²) in [4.78, 5) is 26.0. The molecule has 4 atom stereocenters. The number of carbonyl (C=O) groups excluding carboxylic acids is 1. The van der Waals surface area contributed by atoms with E-state index in [1.165, 1.54) is 11.1 Å². The van der Waals surface area contributed by atoms with Crippen LogP contribution >= 0.6 is 0 Å². The Kier molecular flexibility index (Phi) is 3.64. The number of hydrogen-bond acceptors (Lipinski definition) is 3. The molecule has 0 bridgehead atoms. The second-order valence-corrected chi connectivity index (χ2v) is 7.44. The van der Waals surface area contributed by atoms with Crippen LogP contribution in [-0.2, 0) is 26.2 Å². The number of hydrogen-bond donors (Lipinski definition) is 1. The van der Waals surface area contributed by atoms with Gasteiger partial charge in [-0.25, -0.2) is 4.79 Å². The molecule has 5 nitrogen and oxygen atoms in total. The number of ether oxygens (including phenoxy) is 1. The van der Waals surface area contributed by atoms with Crippen LogP contribution in [-0.4, -0.2) is 47.2 Å². The van der Waals surface area contributed by atoms with Gasteiger partial charge < -0.3 is 14.7 Å². The number of nitrogens with zero attached hydrogens (tertiary/aromatic N) is 1. The normalized spacial score (nSPS) is 34.7. The van der Waals surface area contributed by atoms with Crippen LogP contribution in [0.1, 0.15) is 37.3 Å². The van der Waals surface area contributed by atoms with Crippen molar-refractivity contribution in [1.29, 1.82) is 0 Å². The number of morpholine rings is 1. The van der Waals surface area contributed by atoms with E-state index in [4.69, 9.17) is 4.74 Å². The number of aliphatic carboxylic acids is 1. The molecule has 1 N–H and O–H groups in total. The van der Waals surface area contributed by atoms with E-state index in [1.54, 1.807) is 4.90 Å². The van der Waals surface area contributed by atoms with E-state index in [1.807, 2.05) is 6.92 Å². The maximum Gasteiger partial charge on any atom is 0.334 e. The molecule has 0 aromatic heterocycles. The molecule has 2 fully saturated rings. The number of amides is 1. The van der Waals surface area contributed by atoms with Gasteiger partial charge in [-0.2, -0.15) is 0 Å². The number of carboxylic acid groups (broad SMARTS) is 1. The Bertz CT molecular complexity index is 688. The van der Waals surface area contributed by atoms with Crippen molar-refractivity contribution in [3.63, 3.8) is 0 Å². The fourth-order valence-electron chi connectivity index (χ4n) is 4.64. The van der Waals surface area contributed by atoms with Gasteiger partial charge in [0.1, 0.15) is 0 Å². The third-order valence-electron chi connectivity index (χ3n) is 5.84. The second-order valence-electron chi connectivity index (χ2n) is 7.44. The van der Waals surface area contributed by atoms with Crippen LogP contribution in [0.3, 0.4) is 0 Å². The number of rotatable bonds is 2. The predicted octanol–water partition coefficient (Wildman–Crippen LogP) is 1.98. The average molecular weight is 329 g/mol.